The molecule has 1 saturated heterocycles. The SMILES string of the molecule is COc1ccc(S(=O)(=O)N2CCCC2)cc1NC(=O)Cc1cccs1. The van der Waals surface area contributed by atoms with Gasteiger partial charge in [0.1, 0.15) is 5.75 Å². The van der Waals surface area contributed by atoms with Crippen molar-refractivity contribution in [2.24, 2.45) is 0 Å². The minimum atomic E-state index is -3.54. The van der Waals surface area contributed by atoms with Crippen LogP contribution in [0.3, 0.4) is 0 Å². The van der Waals surface area contributed by atoms with Crippen molar-refractivity contribution in [3.05, 3.63) is 40.6 Å². The van der Waals surface area contributed by atoms with E-state index in [1.165, 1.54) is 34.9 Å². The lowest BCUT2D eigenvalue weighted by atomic mass is 10.2. The third kappa shape index (κ3) is 4.02. The first-order valence-corrected chi connectivity index (χ1v) is 10.3. The van der Waals surface area contributed by atoms with Crippen molar-refractivity contribution >= 4 is 33.0 Å². The molecule has 3 rings (SSSR count). The third-order valence-corrected chi connectivity index (χ3v) is 6.83. The Kier molecular flexibility index (Phi) is 5.41. The van der Waals surface area contributed by atoms with Crippen molar-refractivity contribution in [1.82, 2.24) is 4.31 Å². The lowest BCUT2D eigenvalue weighted by Crippen LogP contribution is -2.28. The fourth-order valence-electron chi connectivity index (χ4n) is 2.79. The monoisotopic (exact) mass is 380 g/mol. The van der Waals surface area contributed by atoms with E-state index in [4.69, 9.17) is 4.74 Å². The predicted octanol–water partition coefficient (Wildman–Crippen LogP) is 2.72. The van der Waals surface area contributed by atoms with Crippen LogP contribution < -0.4 is 10.1 Å². The molecule has 1 amide bonds. The van der Waals surface area contributed by atoms with Crippen LogP contribution in [0, 0.1) is 0 Å². The Morgan fingerprint density at radius 1 is 1.28 bits per heavy atom. The van der Waals surface area contributed by atoms with Gasteiger partial charge in [-0.1, -0.05) is 6.07 Å². The standard InChI is InChI=1S/C17H20N2O4S2/c1-23-16-7-6-14(25(21,22)19-8-2-3-9-19)12-15(16)18-17(20)11-13-5-4-10-24-13/h4-7,10,12H,2-3,8-9,11H2,1H3,(H,18,20). The van der Waals surface area contributed by atoms with Gasteiger partial charge in [0, 0.05) is 18.0 Å². The summed E-state index contributed by atoms with van der Waals surface area (Å²) in [5.41, 5.74) is 0.365. The number of carbonyl (C=O) groups is 1. The number of thiophene rings is 1. The van der Waals surface area contributed by atoms with Gasteiger partial charge in [0.2, 0.25) is 15.9 Å². The Morgan fingerprint density at radius 3 is 2.68 bits per heavy atom. The number of nitrogens with one attached hydrogen (secondary N) is 1. The first kappa shape index (κ1) is 17.9. The van der Waals surface area contributed by atoms with E-state index < -0.39 is 10.0 Å². The van der Waals surface area contributed by atoms with Gasteiger partial charge in [-0.15, -0.1) is 11.3 Å². The number of rotatable bonds is 6. The smallest absolute Gasteiger partial charge is 0.243 e. The minimum absolute atomic E-state index is 0.168. The summed E-state index contributed by atoms with van der Waals surface area (Å²) in [6.07, 6.45) is 1.99. The van der Waals surface area contributed by atoms with E-state index in [0.717, 1.165) is 17.7 Å². The van der Waals surface area contributed by atoms with Gasteiger partial charge >= 0.3 is 0 Å². The van der Waals surface area contributed by atoms with Gasteiger partial charge in [-0.3, -0.25) is 4.79 Å². The Balaban J connectivity index is 1.83. The maximum atomic E-state index is 12.7. The fraction of sp³-hybridized carbons (Fsp3) is 0.353. The summed E-state index contributed by atoms with van der Waals surface area (Å²) in [7, 11) is -2.06. The molecule has 134 valence electrons. The Hall–Kier alpha value is -1.90. The van der Waals surface area contributed by atoms with E-state index >= 15 is 0 Å². The topological polar surface area (TPSA) is 75.7 Å². The van der Waals surface area contributed by atoms with Gasteiger partial charge in [-0.2, -0.15) is 4.31 Å². The van der Waals surface area contributed by atoms with E-state index in [9.17, 15) is 13.2 Å². The maximum absolute atomic E-state index is 12.7. The van der Waals surface area contributed by atoms with Crippen molar-refractivity contribution in [1.29, 1.82) is 0 Å². The molecule has 2 heterocycles. The summed E-state index contributed by atoms with van der Waals surface area (Å²) in [4.78, 5) is 13.4. The number of hydrogen-bond donors (Lipinski definition) is 1. The summed E-state index contributed by atoms with van der Waals surface area (Å²) in [5, 5.41) is 4.67. The van der Waals surface area contributed by atoms with Crippen LogP contribution in [0.5, 0.6) is 5.75 Å². The van der Waals surface area contributed by atoms with Crippen LogP contribution in [0.4, 0.5) is 5.69 Å². The van der Waals surface area contributed by atoms with E-state index in [-0.39, 0.29) is 17.2 Å². The molecule has 0 aliphatic carbocycles. The van der Waals surface area contributed by atoms with Crippen LogP contribution in [-0.2, 0) is 21.2 Å². The lowest BCUT2D eigenvalue weighted by molar-refractivity contribution is -0.115. The molecule has 0 spiro atoms. The molecule has 0 bridgehead atoms. The molecule has 8 heteroatoms. The molecular formula is C17H20N2O4S2. The van der Waals surface area contributed by atoms with Crippen LogP contribution >= 0.6 is 11.3 Å². The number of amides is 1. The molecule has 1 aromatic heterocycles. The molecule has 0 unspecified atom stereocenters. The normalized spacial score (nSPS) is 15.2. The number of anilines is 1. The molecule has 1 aliphatic heterocycles. The second-order valence-corrected chi connectivity index (χ2v) is 8.75. The van der Waals surface area contributed by atoms with Gasteiger partial charge in [0.25, 0.3) is 0 Å². The highest BCUT2D eigenvalue weighted by Gasteiger charge is 2.28. The molecule has 0 radical (unpaired) electrons. The number of sulfonamides is 1. The molecule has 2 aromatic rings. The zero-order chi connectivity index (χ0) is 17.9. The van der Waals surface area contributed by atoms with Crippen LogP contribution in [0.1, 0.15) is 17.7 Å². The first-order valence-electron chi connectivity index (χ1n) is 8.01. The second kappa shape index (κ2) is 7.55. The molecule has 25 heavy (non-hydrogen) atoms. The highest BCUT2D eigenvalue weighted by molar-refractivity contribution is 7.89. The average molecular weight is 380 g/mol. The maximum Gasteiger partial charge on any atom is 0.243 e. The molecule has 0 saturated carbocycles. The number of nitrogens with zero attached hydrogens (tertiary/aromatic N) is 1. The molecule has 1 fully saturated rings. The van der Waals surface area contributed by atoms with Crippen LogP contribution in [-0.4, -0.2) is 38.8 Å². The van der Waals surface area contributed by atoms with Crippen molar-refractivity contribution < 1.29 is 17.9 Å². The number of hydrogen-bond acceptors (Lipinski definition) is 5. The van der Waals surface area contributed by atoms with E-state index in [0.29, 0.717) is 24.5 Å². The fourth-order valence-corrected chi connectivity index (χ4v) is 5.04. The third-order valence-electron chi connectivity index (χ3n) is 4.06. The second-order valence-electron chi connectivity index (χ2n) is 5.78. The molecule has 0 atom stereocenters. The Labute approximate surface area is 151 Å². The van der Waals surface area contributed by atoms with Crippen LogP contribution in [0.25, 0.3) is 0 Å². The number of carbonyl (C=O) groups excluding carboxylic acids is 1. The Morgan fingerprint density at radius 2 is 2.04 bits per heavy atom. The van der Waals surface area contributed by atoms with Crippen molar-refractivity contribution in [2.75, 3.05) is 25.5 Å². The average Bonchev–Trinajstić information content (AvgIpc) is 3.28. The lowest BCUT2D eigenvalue weighted by Gasteiger charge is -2.17. The van der Waals surface area contributed by atoms with Crippen molar-refractivity contribution in [2.45, 2.75) is 24.2 Å². The minimum Gasteiger partial charge on any atom is -0.495 e. The van der Waals surface area contributed by atoms with E-state index in [1.54, 1.807) is 6.07 Å². The van der Waals surface area contributed by atoms with Crippen molar-refractivity contribution in [3.63, 3.8) is 0 Å². The molecule has 1 aromatic carbocycles. The predicted molar refractivity (Wildman–Crippen MR) is 97.6 cm³/mol. The van der Waals surface area contributed by atoms with Gasteiger partial charge in [0.15, 0.2) is 0 Å². The quantitative estimate of drug-likeness (QED) is 0.836. The highest BCUT2D eigenvalue weighted by Crippen LogP contribution is 2.30. The van der Waals surface area contributed by atoms with Crippen LogP contribution in [0.15, 0.2) is 40.6 Å². The largest absolute Gasteiger partial charge is 0.495 e. The number of ether oxygens (including phenoxy) is 1. The molecule has 6 nitrogen and oxygen atoms in total. The number of benzene rings is 1. The van der Waals surface area contributed by atoms with Gasteiger partial charge in [-0.05, 0) is 42.5 Å². The van der Waals surface area contributed by atoms with Crippen LogP contribution in [0.2, 0.25) is 0 Å². The molecule has 1 aliphatic rings. The van der Waals surface area contributed by atoms with E-state index in [2.05, 4.69) is 5.32 Å². The zero-order valence-electron chi connectivity index (χ0n) is 13.9. The highest BCUT2D eigenvalue weighted by atomic mass is 32.2. The van der Waals surface area contributed by atoms with Crippen molar-refractivity contribution in [3.8, 4) is 5.75 Å². The zero-order valence-corrected chi connectivity index (χ0v) is 15.5. The van der Waals surface area contributed by atoms with Gasteiger partial charge in [-0.25, -0.2) is 8.42 Å². The summed E-state index contributed by atoms with van der Waals surface area (Å²) >= 11 is 1.50. The summed E-state index contributed by atoms with van der Waals surface area (Å²) in [5.74, 6) is 0.219. The molecular weight excluding hydrogens is 360 g/mol. The van der Waals surface area contributed by atoms with Gasteiger partial charge in [0.05, 0.1) is 24.1 Å². The summed E-state index contributed by atoms with van der Waals surface area (Å²) < 4.78 is 32.1. The number of methoxy groups -OCH3 is 1. The summed E-state index contributed by atoms with van der Waals surface area (Å²) in [6, 6.07) is 8.33. The summed E-state index contributed by atoms with van der Waals surface area (Å²) in [6.45, 7) is 1.07. The Bertz CT molecular complexity index is 842. The van der Waals surface area contributed by atoms with Gasteiger partial charge < -0.3 is 10.1 Å². The first-order chi connectivity index (χ1) is 12.0. The molecule has 1 N–H and O–H groups in total. The van der Waals surface area contributed by atoms with E-state index in [1.807, 2.05) is 17.5 Å².